The lowest BCUT2D eigenvalue weighted by Crippen LogP contribution is -2.33. The number of fused-ring (bicyclic) bond motifs is 2. The zero-order valence-electron chi connectivity index (χ0n) is 34.6. The van der Waals surface area contributed by atoms with E-state index < -0.39 is 11.0 Å². The van der Waals surface area contributed by atoms with Gasteiger partial charge in [-0.15, -0.1) is 0 Å². The SMILES string of the molecule is CC1C(=O)Oc2ccc(O)cc2C1C.CC1C(=O)Oc2ccccc2C1C.CCC(C)(C)C(=O)OC(C)(C)c1ccc(F)cc1.CCC(C)c1ccc(F)cc1. The van der Waals surface area contributed by atoms with Gasteiger partial charge in [-0.05, 0) is 124 Å². The molecule has 4 aromatic rings. The Morgan fingerprint density at radius 2 is 1.20 bits per heavy atom. The molecule has 56 heavy (non-hydrogen) atoms. The minimum absolute atomic E-state index is 0.0325. The molecule has 0 spiro atoms. The highest BCUT2D eigenvalue weighted by Crippen LogP contribution is 2.39. The van der Waals surface area contributed by atoms with E-state index >= 15 is 0 Å². The van der Waals surface area contributed by atoms with Crippen molar-refractivity contribution in [3.63, 3.8) is 0 Å². The van der Waals surface area contributed by atoms with Crippen LogP contribution in [0.15, 0.2) is 91.0 Å². The molecule has 4 aromatic carbocycles. The third-order valence-electron chi connectivity index (χ3n) is 10.9. The van der Waals surface area contributed by atoms with Crippen molar-refractivity contribution in [2.75, 3.05) is 0 Å². The first-order chi connectivity index (χ1) is 26.2. The predicted molar refractivity (Wildman–Crippen MR) is 216 cm³/mol. The van der Waals surface area contributed by atoms with Crippen LogP contribution in [-0.4, -0.2) is 23.0 Å². The van der Waals surface area contributed by atoms with Gasteiger partial charge in [0.1, 0.15) is 34.5 Å². The van der Waals surface area contributed by atoms with Crippen LogP contribution in [0, 0.1) is 28.9 Å². The number of para-hydroxylation sites is 1. The Morgan fingerprint density at radius 3 is 1.71 bits per heavy atom. The number of benzene rings is 4. The Labute approximate surface area is 331 Å². The first-order valence-electron chi connectivity index (χ1n) is 19.3. The van der Waals surface area contributed by atoms with Crippen LogP contribution < -0.4 is 9.47 Å². The van der Waals surface area contributed by atoms with Crippen LogP contribution in [0.5, 0.6) is 17.2 Å². The van der Waals surface area contributed by atoms with E-state index in [1.807, 2.05) is 91.8 Å². The molecule has 2 aliphatic heterocycles. The summed E-state index contributed by atoms with van der Waals surface area (Å²) in [6.07, 6.45) is 1.82. The minimum atomic E-state index is -0.753. The molecule has 0 amide bonds. The summed E-state index contributed by atoms with van der Waals surface area (Å²) >= 11 is 0. The predicted octanol–water partition coefficient (Wildman–Crippen LogP) is 11.8. The summed E-state index contributed by atoms with van der Waals surface area (Å²) in [5.41, 5.74) is 2.78. The summed E-state index contributed by atoms with van der Waals surface area (Å²) in [6.45, 7) is 21.3. The van der Waals surface area contributed by atoms with Gasteiger partial charge in [-0.3, -0.25) is 14.4 Å². The average molecular weight is 773 g/mol. The van der Waals surface area contributed by atoms with E-state index in [1.54, 1.807) is 24.3 Å². The van der Waals surface area contributed by atoms with E-state index in [4.69, 9.17) is 14.2 Å². The number of hydrogen-bond acceptors (Lipinski definition) is 7. The highest BCUT2D eigenvalue weighted by Gasteiger charge is 2.34. The molecule has 9 heteroatoms. The zero-order chi connectivity index (χ0) is 42.0. The van der Waals surface area contributed by atoms with Gasteiger partial charge in [0, 0.05) is 5.56 Å². The van der Waals surface area contributed by atoms with Crippen LogP contribution in [0.2, 0.25) is 0 Å². The van der Waals surface area contributed by atoms with E-state index in [0.717, 1.165) is 28.9 Å². The van der Waals surface area contributed by atoms with Crippen LogP contribution in [0.25, 0.3) is 0 Å². The molecule has 1 N–H and O–H groups in total. The summed E-state index contributed by atoms with van der Waals surface area (Å²) < 4.78 is 41.2. The monoisotopic (exact) mass is 772 g/mol. The highest BCUT2D eigenvalue weighted by molar-refractivity contribution is 5.79. The third-order valence-corrected chi connectivity index (χ3v) is 10.9. The molecule has 0 aromatic heterocycles. The summed E-state index contributed by atoms with van der Waals surface area (Å²) in [7, 11) is 0. The molecule has 5 unspecified atom stereocenters. The number of carbonyl (C=O) groups excluding carboxylic acids is 3. The molecule has 0 bridgehead atoms. The first-order valence-corrected chi connectivity index (χ1v) is 19.3. The number of hydrogen-bond donors (Lipinski definition) is 1. The van der Waals surface area contributed by atoms with E-state index in [0.29, 0.717) is 18.1 Å². The molecule has 2 heterocycles. The number of halogens is 2. The zero-order valence-corrected chi connectivity index (χ0v) is 34.6. The first kappa shape index (κ1) is 45.3. The molecule has 302 valence electrons. The summed E-state index contributed by atoms with van der Waals surface area (Å²) in [4.78, 5) is 34.8. The Bertz CT molecular complexity index is 1920. The molecular formula is C47H58F2O7. The molecule has 0 fully saturated rings. The maximum Gasteiger partial charge on any atom is 0.314 e. The fraction of sp³-hybridized carbons (Fsp3) is 0.426. The minimum Gasteiger partial charge on any atom is -0.508 e. The van der Waals surface area contributed by atoms with Crippen molar-refractivity contribution < 1.29 is 42.5 Å². The second-order valence-electron chi connectivity index (χ2n) is 15.8. The average Bonchev–Trinajstić information content (AvgIpc) is 3.17. The van der Waals surface area contributed by atoms with Crippen LogP contribution in [0.1, 0.15) is 129 Å². The second kappa shape index (κ2) is 19.7. The molecule has 7 nitrogen and oxygen atoms in total. The molecule has 0 aliphatic carbocycles. The number of esters is 3. The maximum atomic E-state index is 12.9. The molecule has 5 atom stereocenters. The summed E-state index contributed by atoms with van der Waals surface area (Å²) in [6, 6.07) is 25.3. The van der Waals surface area contributed by atoms with Gasteiger partial charge in [0.15, 0.2) is 0 Å². The van der Waals surface area contributed by atoms with E-state index in [1.165, 1.54) is 35.9 Å². The van der Waals surface area contributed by atoms with E-state index in [2.05, 4.69) is 20.8 Å². The second-order valence-corrected chi connectivity index (χ2v) is 15.8. The maximum absolute atomic E-state index is 12.9. The van der Waals surface area contributed by atoms with Gasteiger partial charge in [-0.2, -0.15) is 0 Å². The normalized spacial score (nSPS) is 19.0. The number of aromatic hydroxyl groups is 1. The summed E-state index contributed by atoms with van der Waals surface area (Å²) in [5.74, 6) is 1.20. The number of ether oxygens (including phenoxy) is 3. The molecular weight excluding hydrogens is 715 g/mol. The largest absolute Gasteiger partial charge is 0.508 e. The fourth-order valence-electron chi connectivity index (χ4n) is 5.74. The standard InChI is InChI=1S/C15H21FO2.C11H12O3.C11H12O2.C10H13F/c1-6-14(2,3)13(17)18-15(4,5)11-7-9-12(16)10-8-11;1-6-7(2)11(13)14-10-4-3-8(12)5-9(6)10;1-7-8(2)11(12)13-10-6-4-3-5-9(7)10;1-3-8(2)9-4-6-10(11)7-5-9/h7-10H,6H2,1-5H3;3-7,12H,1-2H3;3-8H,1-2H3;4-8H,3H2,1-2H3. The van der Waals surface area contributed by atoms with Crippen molar-refractivity contribution >= 4 is 17.9 Å². The van der Waals surface area contributed by atoms with Crippen molar-refractivity contribution in [2.45, 2.75) is 112 Å². The van der Waals surface area contributed by atoms with Gasteiger partial charge in [-0.25, -0.2) is 8.78 Å². The van der Waals surface area contributed by atoms with Crippen molar-refractivity contribution in [1.29, 1.82) is 0 Å². The van der Waals surface area contributed by atoms with E-state index in [-0.39, 0.29) is 59.0 Å². The van der Waals surface area contributed by atoms with Gasteiger partial charge >= 0.3 is 17.9 Å². The molecule has 0 saturated carbocycles. The van der Waals surface area contributed by atoms with Gasteiger partial charge in [0.2, 0.25) is 0 Å². The Morgan fingerprint density at radius 1 is 0.714 bits per heavy atom. The van der Waals surface area contributed by atoms with Gasteiger partial charge in [0.25, 0.3) is 0 Å². The quantitative estimate of drug-likeness (QED) is 0.154. The Hall–Kier alpha value is -5.05. The molecule has 0 radical (unpaired) electrons. The number of carbonyl (C=O) groups is 3. The third kappa shape index (κ3) is 12.0. The van der Waals surface area contributed by atoms with Gasteiger partial charge in [0.05, 0.1) is 17.3 Å². The van der Waals surface area contributed by atoms with Gasteiger partial charge in [-0.1, -0.05) is 90.9 Å². The Kier molecular flexibility index (Phi) is 15.9. The number of phenolic OH excluding ortho intramolecular Hbond substituents is 1. The van der Waals surface area contributed by atoms with Crippen molar-refractivity contribution in [3.05, 3.63) is 125 Å². The number of phenols is 1. The highest BCUT2D eigenvalue weighted by atomic mass is 19.1. The smallest absolute Gasteiger partial charge is 0.314 e. The van der Waals surface area contributed by atoms with E-state index in [9.17, 15) is 28.3 Å². The Balaban J connectivity index is 0.000000203. The molecule has 0 saturated heterocycles. The van der Waals surface area contributed by atoms with Gasteiger partial charge < -0.3 is 19.3 Å². The summed E-state index contributed by atoms with van der Waals surface area (Å²) in [5, 5.41) is 9.32. The van der Waals surface area contributed by atoms with Crippen LogP contribution in [0.4, 0.5) is 8.78 Å². The van der Waals surface area contributed by atoms with Crippen LogP contribution in [0.3, 0.4) is 0 Å². The van der Waals surface area contributed by atoms with Crippen molar-refractivity contribution in [3.8, 4) is 17.2 Å². The lowest BCUT2D eigenvalue weighted by atomic mass is 9.86. The lowest BCUT2D eigenvalue weighted by molar-refractivity contribution is -0.168. The van der Waals surface area contributed by atoms with Crippen LogP contribution >= 0.6 is 0 Å². The molecule has 2 aliphatic rings. The lowest BCUT2D eigenvalue weighted by Gasteiger charge is -2.30. The molecule has 6 rings (SSSR count). The van der Waals surface area contributed by atoms with Crippen molar-refractivity contribution in [2.24, 2.45) is 17.3 Å². The number of rotatable bonds is 6. The topological polar surface area (TPSA) is 99.1 Å². The fourth-order valence-corrected chi connectivity index (χ4v) is 5.74. The van der Waals surface area contributed by atoms with Crippen LogP contribution in [-0.2, 0) is 24.7 Å². The van der Waals surface area contributed by atoms with Crippen molar-refractivity contribution in [1.82, 2.24) is 0 Å².